The molecule has 0 aliphatic rings. The number of para-hydroxylation sites is 1. The molecular formula is C13H18O4. The van der Waals surface area contributed by atoms with E-state index in [1.165, 1.54) is 0 Å². The highest BCUT2D eigenvalue weighted by Gasteiger charge is 2.12. The number of carbonyl (C=O) groups excluding carboxylic acids is 1. The second-order valence-corrected chi connectivity index (χ2v) is 3.56. The molecule has 0 heterocycles. The maximum Gasteiger partial charge on any atom is 0.344 e. The Balaban J connectivity index is 2.67. The van der Waals surface area contributed by atoms with Crippen molar-refractivity contribution >= 4 is 5.97 Å². The van der Waals surface area contributed by atoms with Crippen molar-refractivity contribution in [2.75, 3.05) is 13.2 Å². The zero-order valence-electron chi connectivity index (χ0n) is 10.2. The molecule has 0 aromatic heterocycles. The van der Waals surface area contributed by atoms with Crippen LogP contribution in [-0.2, 0) is 9.53 Å². The van der Waals surface area contributed by atoms with Crippen LogP contribution in [0.15, 0.2) is 24.3 Å². The standard InChI is InChI=1S/C13H18O4/c1-3-11(14)10-7-5-6-8-12(10)17-9-13(15)16-4-2/h5-8,11,14H,3-4,9H2,1-2H3. The van der Waals surface area contributed by atoms with Crippen molar-refractivity contribution in [1.82, 2.24) is 0 Å². The molecule has 0 spiro atoms. The predicted molar refractivity (Wildman–Crippen MR) is 63.8 cm³/mol. The zero-order chi connectivity index (χ0) is 12.7. The van der Waals surface area contributed by atoms with Gasteiger partial charge in [0.05, 0.1) is 12.7 Å². The first-order chi connectivity index (χ1) is 8.19. The molecule has 0 bridgehead atoms. The Morgan fingerprint density at radius 1 is 1.35 bits per heavy atom. The van der Waals surface area contributed by atoms with Gasteiger partial charge in [0.25, 0.3) is 0 Å². The van der Waals surface area contributed by atoms with Crippen LogP contribution in [0, 0.1) is 0 Å². The van der Waals surface area contributed by atoms with E-state index in [1.54, 1.807) is 25.1 Å². The Morgan fingerprint density at radius 3 is 2.71 bits per heavy atom. The average molecular weight is 238 g/mol. The van der Waals surface area contributed by atoms with Crippen molar-refractivity contribution in [3.8, 4) is 5.75 Å². The van der Waals surface area contributed by atoms with Crippen LogP contribution in [0.3, 0.4) is 0 Å². The number of aliphatic hydroxyl groups excluding tert-OH is 1. The quantitative estimate of drug-likeness (QED) is 0.771. The highest BCUT2D eigenvalue weighted by molar-refractivity contribution is 5.71. The molecule has 0 aliphatic heterocycles. The van der Waals surface area contributed by atoms with Crippen LogP contribution in [0.5, 0.6) is 5.75 Å². The number of benzene rings is 1. The highest BCUT2D eigenvalue weighted by atomic mass is 16.6. The fourth-order valence-electron chi connectivity index (χ4n) is 1.45. The van der Waals surface area contributed by atoms with Gasteiger partial charge in [0, 0.05) is 5.56 Å². The van der Waals surface area contributed by atoms with Gasteiger partial charge in [0.2, 0.25) is 0 Å². The highest BCUT2D eigenvalue weighted by Crippen LogP contribution is 2.26. The van der Waals surface area contributed by atoms with E-state index in [0.717, 1.165) is 0 Å². The van der Waals surface area contributed by atoms with Crippen LogP contribution in [-0.4, -0.2) is 24.3 Å². The minimum Gasteiger partial charge on any atom is -0.482 e. The molecule has 0 aliphatic carbocycles. The summed E-state index contributed by atoms with van der Waals surface area (Å²) in [5.74, 6) is 0.114. The van der Waals surface area contributed by atoms with Gasteiger partial charge in [-0.15, -0.1) is 0 Å². The van der Waals surface area contributed by atoms with Crippen LogP contribution in [0.4, 0.5) is 0 Å². The third-order valence-electron chi connectivity index (χ3n) is 2.32. The summed E-state index contributed by atoms with van der Waals surface area (Å²) in [6.45, 7) is 3.82. The van der Waals surface area contributed by atoms with Crippen molar-refractivity contribution in [2.45, 2.75) is 26.4 Å². The van der Waals surface area contributed by atoms with E-state index in [0.29, 0.717) is 24.3 Å². The number of esters is 1. The minimum atomic E-state index is -0.576. The molecule has 17 heavy (non-hydrogen) atoms. The summed E-state index contributed by atoms with van der Waals surface area (Å²) in [7, 11) is 0. The Morgan fingerprint density at radius 2 is 2.06 bits per heavy atom. The van der Waals surface area contributed by atoms with E-state index in [9.17, 15) is 9.90 Å². The second kappa shape index (κ2) is 6.91. The summed E-state index contributed by atoms with van der Waals surface area (Å²) in [4.78, 5) is 11.2. The number of hydrogen-bond donors (Lipinski definition) is 1. The SMILES string of the molecule is CCOC(=O)COc1ccccc1C(O)CC. The molecule has 0 saturated heterocycles. The van der Waals surface area contributed by atoms with E-state index in [4.69, 9.17) is 9.47 Å². The van der Waals surface area contributed by atoms with Gasteiger partial charge in [-0.25, -0.2) is 4.79 Å². The van der Waals surface area contributed by atoms with Gasteiger partial charge in [0.1, 0.15) is 5.75 Å². The van der Waals surface area contributed by atoms with Crippen LogP contribution in [0.1, 0.15) is 31.9 Å². The minimum absolute atomic E-state index is 0.138. The van der Waals surface area contributed by atoms with Crippen molar-refractivity contribution in [2.24, 2.45) is 0 Å². The van der Waals surface area contributed by atoms with E-state index >= 15 is 0 Å². The van der Waals surface area contributed by atoms with Gasteiger partial charge in [-0.2, -0.15) is 0 Å². The number of ether oxygens (including phenoxy) is 2. The molecule has 94 valence electrons. The maximum atomic E-state index is 11.2. The van der Waals surface area contributed by atoms with Crippen molar-refractivity contribution < 1.29 is 19.4 Å². The fraction of sp³-hybridized carbons (Fsp3) is 0.462. The molecular weight excluding hydrogens is 220 g/mol. The molecule has 1 atom stereocenters. The second-order valence-electron chi connectivity index (χ2n) is 3.56. The van der Waals surface area contributed by atoms with Gasteiger partial charge in [-0.1, -0.05) is 25.1 Å². The molecule has 4 heteroatoms. The number of hydrogen-bond acceptors (Lipinski definition) is 4. The first-order valence-electron chi connectivity index (χ1n) is 5.74. The van der Waals surface area contributed by atoms with Crippen molar-refractivity contribution in [3.63, 3.8) is 0 Å². The van der Waals surface area contributed by atoms with Gasteiger partial charge in [-0.3, -0.25) is 0 Å². The predicted octanol–water partition coefficient (Wildman–Crippen LogP) is 2.07. The normalized spacial score (nSPS) is 11.9. The van der Waals surface area contributed by atoms with Crippen LogP contribution < -0.4 is 4.74 Å². The first-order valence-corrected chi connectivity index (χ1v) is 5.74. The Hall–Kier alpha value is -1.55. The van der Waals surface area contributed by atoms with E-state index < -0.39 is 12.1 Å². The molecule has 1 rings (SSSR count). The van der Waals surface area contributed by atoms with Crippen molar-refractivity contribution in [3.05, 3.63) is 29.8 Å². The largest absolute Gasteiger partial charge is 0.482 e. The Kier molecular flexibility index (Phi) is 5.49. The molecule has 0 fully saturated rings. The summed E-state index contributed by atoms with van der Waals surface area (Å²) in [5.41, 5.74) is 0.694. The number of aliphatic hydroxyl groups is 1. The van der Waals surface area contributed by atoms with Crippen LogP contribution in [0.2, 0.25) is 0 Å². The molecule has 1 unspecified atom stereocenters. The summed E-state index contributed by atoms with van der Waals surface area (Å²) in [5, 5.41) is 9.78. The molecule has 0 radical (unpaired) electrons. The maximum absolute atomic E-state index is 11.2. The third-order valence-corrected chi connectivity index (χ3v) is 2.32. The summed E-state index contributed by atoms with van der Waals surface area (Å²) >= 11 is 0. The van der Waals surface area contributed by atoms with Crippen molar-refractivity contribution in [1.29, 1.82) is 0 Å². The lowest BCUT2D eigenvalue weighted by atomic mass is 10.1. The monoisotopic (exact) mass is 238 g/mol. The molecule has 0 amide bonds. The topological polar surface area (TPSA) is 55.8 Å². The molecule has 1 N–H and O–H groups in total. The summed E-state index contributed by atoms with van der Waals surface area (Å²) in [6, 6.07) is 7.14. The molecule has 1 aromatic carbocycles. The van der Waals surface area contributed by atoms with Gasteiger partial charge in [-0.05, 0) is 19.4 Å². The van der Waals surface area contributed by atoms with Crippen LogP contribution >= 0.6 is 0 Å². The third kappa shape index (κ3) is 4.07. The van der Waals surface area contributed by atoms with Gasteiger partial charge in [0.15, 0.2) is 6.61 Å². The number of rotatable bonds is 6. The number of carbonyl (C=O) groups is 1. The molecule has 1 aromatic rings. The lowest BCUT2D eigenvalue weighted by molar-refractivity contribution is -0.145. The lowest BCUT2D eigenvalue weighted by Gasteiger charge is -2.14. The summed E-state index contributed by atoms with van der Waals surface area (Å²) in [6.07, 6.45) is 0.0214. The first kappa shape index (κ1) is 13.5. The molecule has 0 saturated carbocycles. The Labute approximate surface area is 101 Å². The fourth-order valence-corrected chi connectivity index (χ4v) is 1.45. The Bertz CT molecular complexity index is 362. The summed E-state index contributed by atoms with van der Waals surface area (Å²) < 4.78 is 10.1. The zero-order valence-corrected chi connectivity index (χ0v) is 10.2. The van der Waals surface area contributed by atoms with E-state index in [2.05, 4.69) is 0 Å². The van der Waals surface area contributed by atoms with E-state index in [1.807, 2.05) is 13.0 Å². The smallest absolute Gasteiger partial charge is 0.344 e. The van der Waals surface area contributed by atoms with Crippen LogP contribution in [0.25, 0.3) is 0 Å². The average Bonchev–Trinajstić information content (AvgIpc) is 2.36. The van der Waals surface area contributed by atoms with E-state index in [-0.39, 0.29) is 6.61 Å². The lowest BCUT2D eigenvalue weighted by Crippen LogP contribution is -2.15. The van der Waals surface area contributed by atoms with Gasteiger partial charge >= 0.3 is 5.97 Å². The molecule has 4 nitrogen and oxygen atoms in total. The van der Waals surface area contributed by atoms with Gasteiger partial charge < -0.3 is 14.6 Å².